The van der Waals surface area contributed by atoms with E-state index in [1.165, 1.54) is 19.3 Å². The summed E-state index contributed by atoms with van der Waals surface area (Å²) in [5, 5.41) is 6.09. The van der Waals surface area contributed by atoms with Crippen LogP contribution in [0.15, 0.2) is 0 Å². The molecule has 90 valence electrons. The largest absolute Gasteiger partial charge is 0.376 e. The highest BCUT2D eigenvalue weighted by Crippen LogP contribution is 2.38. The molecule has 4 heteroatoms. The number of hydrogen-bond donors (Lipinski definition) is 2. The first-order chi connectivity index (χ1) is 7.83. The lowest BCUT2D eigenvalue weighted by molar-refractivity contribution is 0.0823. The minimum absolute atomic E-state index is 0.00542. The van der Waals surface area contributed by atoms with Gasteiger partial charge in [-0.05, 0) is 44.4 Å². The Morgan fingerprint density at radius 1 is 1.06 bits per heavy atom. The minimum atomic E-state index is 0.00542. The average Bonchev–Trinajstić information content (AvgIpc) is 2.95. The fourth-order valence-electron chi connectivity index (χ4n) is 2.60. The summed E-state index contributed by atoms with van der Waals surface area (Å²) < 4.78 is 5.69. The Bertz CT molecular complexity index is 274. The van der Waals surface area contributed by atoms with Gasteiger partial charge in [-0.25, -0.2) is 4.79 Å². The Kier molecular flexibility index (Phi) is 2.75. The second kappa shape index (κ2) is 4.24. The number of carbonyl (C=O) groups excluding carboxylic acids is 1. The van der Waals surface area contributed by atoms with Crippen LogP contribution in [0.5, 0.6) is 0 Å². The Labute approximate surface area is 96.1 Å². The zero-order valence-electron chi connectivity index (χ0n) is 9.58. The van der Waals surface area contributed by atoms with E-state index >= 15 is 0 Å². The lowest BCUT2D eigenvalue weighted by atomic mass is 9.93. The molecule has 3 aliphatic rings. The highest BCUT2D eigenvalue weighted by atomic mass is 16.5. The Balaban J connectivity index is 1.46. The van der Waals surface area contributed by atoms with Crippen LogP contribution in [0.3, 0.4) is 0 Å². The standard InChI is InChI=1S/C12H20N2O2/c15-12(13-9-2-1-3-9)14-10-6-7-16-11(10)8-4-5-8/h8-11H,1-7H2,(H2,13,14,15). The second-order valence-electron chi connectivity index (χ2n) is 5.31. The number of amides is 2. The van der Waals surface area contributed by atoms with Crippen molar-refractivity contribution in [1.29, 1.82) is 0 Å². The zero-order valence-corrected chi connectivity index (χ0v) is 9.58. The molecular formula is C12H20N2O2. The summed E-state index contributed by atoms with van der Waals surface area (Å²) in [6.07, 6.45) is 7.33. The van der Waals surface area contributed by atoms with Gasteiger partial charge in [0, 0.05) is 12.6 Å². The van der Waals surface area contributed by atoms with E-state index in [9.17, 15) is 4.79 Å². The zero-order chi connectivity index (χ0) is 11.0. The monoisotopic (exact) mass is 224 g/mol. The number of carbonyl (C=O) groups is 1. The number of ether oxygens (including phenoxy) is 1. The second-order valence-corrected chi connectivity index (χ2v) is 5.31. The Morgan fingerprint density at radius 2 is 1.88 bits per heavy atom. The number of hydrogen-bond acceptors (Lipinski definition) is 2. The third-order valence-corrected chi connectivity index (χ3v) is 3.98. The van der Waals surface area contributed by atoms with Gasteiger partial charge in [0.2, 0.25) is 0 Å². The van der Waals surface area contributed by atoms with E-state index in [1.54, 1.807) is 0 Å². The van der Waals surface area contributed by atoms with E-state index in [0.29, 0.717) is 12.0 Å². The summed E-state index contributed by atoms with van der Waals surface area (Å²) in [5.41, 5.74) is 0. The highest BCUT2D eigenvalue weighted by Gasteiger charge is 2.41. The van der Waals surface area contributed by atoms with Gasteiger partial charge in [0.1, 0.15) is 0 Å². The lowest BCUT2D eigenvalue weighted by Crippen LogP contribution is -2.50. The molecule has 1 heterocycles. The maximum atomic E-state index is 11.7. The van der Waals surface area contributed by atoms with Crippen molar-refractivity contribution < 1.29 is 9.53 Å². The van der Waals surface area contributed by atoms with E-state index in [2.05, 4.69) is 10.6 Å². The summed E-state index contributed by atoms with van der Waals surface area (Å²) >= 11 is 0. The van der Waals surface area contributed by atoms with E-state index < -0.39 is 0 Å². The van der Waals surface area contributed by atoms with Gasteiger partial charge in [0.15, 0.2) is 0 Å². The topological polar surface area (TPSA) is 50.4 Å². The fourth-order valence-corrected chi connectivity index (χ4v) is 2.60. The molecule has 0 aromatic heterocycles. The van der Waals surface area contributed by atoms with E-state index in [1.807, 2.05) is 0 Å². The van der Waals surface area contributed by atoms with Gasteiger partial charge in [-0.2, -0.15) is 0 Å². The van der Waals surface area contributed by atoms with Crippen LogP contribution < -0.4 is 10.6 Å². The molecule has 2 saturated carbocycles. The fraction of sp³-hybridized carbons (Fsp3) is 0.917. The minimum Gasteiger partial charge on any atom is -0.376 e. The van der Waals surface area contributed by atoms with Crippen LogP contribution in [0, 0.1) is 5.92 Å². The summed E-state index contributed by atoms with van der Waals surface area (Å²) in [7, 11) is 0. The van der Waals surface area contributed by atoms with E-state index in [4.69, 9.17) is 4.74 Å². The molecule has 3 fully saturated rings. The average molecular weight is 224 g/mol. The third-order valence-electron chi connectivity index (χ3n) is 3.98. The molecule has 2 unspecified atom stereocenters. The normalized spacial score (nSPS) is 34.5. The molecule has 0 aromatic rings. The van der Waals surface area contributed by atoms with Crippen LogP contribution in [-0.4, -0.2) is 30.8 Å². The molecular weight excluding hydrogens is 204 g/mol. The first-order valence-electron chi connectivity index (χ1n) is 6.51. The van der Waals surface area contributed by atoms with Crippen LogP contribution in [0.25, 0.3) is 0 Å². The molecule has 2 aliphatic carbocycles. The van der Waals surface area contributed by atoms with Crippen molar-refractivity contribution in [3.63, 3.8) is 0 Å². The van der Waals surface area contributed by atoms with Gasteiger partial charge in [-0.1, -0.05) is 0 Å². The van der Waals surface area contributed by atoms with Crippen molar-refractivity contribution in [1.82, 2.24) is 10.6 Å². The number of rotatable bonds is 3. The quantitative estimate of drug-likeness (QED) is 0.761. The number of urea groups is 1. The molecule has 2 atom stereocenters. The van der Waals surface area contributed by atoms with Crippen LogP contribution in [0.4, 0.5) is 4.79 Å². The predicted octanol–water partition coefficient (Wildman–Crippen LogP) is 1.41. The van der Waals surface area contributed by atoms with Crippen molar-refractivity contribution >= 4 is 6.03 Å². The highest BCUT2D eigenvalue weighted by molar-refractivity contribution is 5.74. The van der Waals surface area contributed by atoms with Gasteiger partial charge in [0.25, 0.3) is 0 Å². The Hall–Kier alpha value is -0.770. The molecule has 1 saturated heterocycles. The van der Waals surface area contributed by atoms with Crippen molar-refractivity contribution in [3.05, 3.63) is 0 Å². The molecule has 16 heavy (non-hydrogen) atoms. The summed E-state index contributed by atoms with van der Waals surface area (Å²) in [4.78, 5) is 11.7. The number of nitrogens with one attached hydrogen (secondary N) is 2. The predicted molar refractivity (Wildman–Crippen MR) is 60.2 cm³/mol. The summed E-state index contributed by atoms with van der Waals surface area (Å²) in [6.45, 7) is 0.801. The van der Waals surface area contributed by atoms with E-state index in [-0.39, 0.29) is 18.2 Å². The van der Waals surface area contributed by atoms with E-state index in [0.717, 1.165) is 25.9 Å². The van der Waals surface area contributed by atoms with Crippen molar-refractivity contribution in [2.75, 3.05) is 6.61 Å². The van der Waals surface area contributed by atoms with Gasteiger partial charge < -0.3 is 15.4 Å². The van der Waals surface area contributed by atoms with Crippen LogP contribution in [0.2, 0.25) is 0 Å². The molecule has 1 aliphatic heterocycles. The van der Waals surface area contributed by atoms with Gasteiger partial charge in [-0.15, -0.1) is 0 Å². The van der Waals surface area contributed by atoms with Gasteiger partial charge in [0.05, 0.1) is 12.1 Å². The maximum absolute atomic E-state index is 11.7. The molecule has 0 aromatic carbocycles. The SMILES string of the molecule is O=C(NC1CCC1)NC1CCOC1C1CC1. The maximum Gasteiger partial charge on any atom is 0.315 e. The lowest BCUT2D eigenvalue weighted by Gasteiger charge is -2.28. The van der Waals surface area contributed by atoms with Crippen LogP contribution >= 0.6 is 0 Å². The molecule has 4 nitrogen and oxygen atoms in total. The van der Waals surface area contributed by atoms with Crippen molar-refractivity contribution in [3.8, 4) is 0 Å². The molecule has 0 bridgehead atoms. The summed E-state index contributed by atoms with van der Waals surface area (Å²) in [5.74, 6) is 0.705. The molecule has 0 radical (unpaired) electrons. The van der Waals surface area contributed by atoms with Gasteiger partial charge in [-0.3, -0.25) is 0 Å². The smallest absolute Gasteiger partial charge is 0.315 e. The molecule has 0 spiro atoms. The molecule has 2 amide bonds. The van der Waals surface area contributed by atoms with Crippen LogP contribution in [0.1, 0.15) is 38.5 Å². The third kappa shape index (κ3) is 2.17. The van der Waals surface area contributed by atoms with Crippen molar-refractivity contribution in [2.45, 2.75) is 56.7 Å². The molecule has 2 N–H and O–H groups in total. The van der Waals surface area contributed by atoms with Crippen molar-refractivity contribution in [2.24, 2.45) is 5.92 Å². The first kappa shape index (κ1) is 10.4. The summed E-state index contributed by atoms with van der Waals surface area (Å²) in [6, 6.07) is 0.667. The molecule has 3 rings (SSSR count). The van der Waals surface area contributed by atoms with Crippen LogP contribution in [-0.2, 0) is 4.74 Å². The van der Waals surface area contributed by atoms with Gasteiger partial charge >= 0.3 is 6.03 Å². The first-order valence-corrected chi connectivity index (χ1v) is 6.51. The Morgan fingerprint density at radius 3 is 2.50 bits per heavy atom.